The van der Waals surface area contributed by atoms with E-state index in [1.165, 1.54) is 11.1 Å². The summed E-state index contributed by atoms with van der Waals surface area (Å²) in [4.78, 5) is 4.21. The minimum Gasteiger partial charge on any atom is -0.487 e. The van der Waals surface area contributed by atoms with Crippen LogP contribution in [0.15, 0.2) is 59.4 Å². The molecule has 3 nitrogen and oxygen atoms in total. The van der Waals surface area contributed by atoms with Gasteiger partial charge < -0.3 is 10.1 Å². The topological polar surface area (TPSA) is 34.1 Å². The van der Waals surface area contributed by atoms with Gasteiger partial charge in [-0.25, -0.2) is 4.98 Å². The van der Waals surface area contributed by atoms with Crippen molar-refractivity contribution in [3.8, 4) is 5.75 Å². The second-order valence-corrected chi connectivity index (χ2v) is 6.72. The van der Waals surface area contributed by atoms with Crippen molar-refractivity contribution in [1.82, 2.24) is 10.3 Å². The number of aromatic nitrogens is 1. The molecule has 0 radical (unpaired) electrons. The Kier molecular flexibility index (Phi) is 5.86. The van der Waals surface area contributed by atoms with E-state index in [-0.39, 0.29) is 6.04 Å². The molecule has 5 heteroatoms. The first kappa shape index (κ1) is 17.0. The van der Waals surface area contributed by atoms with Gasteiger partial charge in [0, 0.05) is 23.0 Å². The number of rotatable bonds is 7. The third-order valence-corrected chi connectivity index (χ3v) is 4.66. The fourth-order valence-corrected chi connectivity index (χ4v) is 2.98. The van der Waals surface area contributed by atoms with Gasteiger partial charge in [0.25, 0.3) is 0 Å². The van der Waals surface area contributed by atoms with Crippen LogP contribution in [0, 0.1) is 0 Å². The average molecular weight is 359 g/mol. The molecular formula is C19H19ClN2OS. The molecule has 3 aromatic rings. The van der Waals surface area contributed by atoms with Gasteiger partial charge in [-0.1, -0.05) is 35.9 Å². The Morgan fingerprint density at radius 3 is 2.54 bits per heavy atom. The molecule has 0 saturated heterocycles. The van der Waals surface area contributed by atoms with Gasteiger partial charge in [-0.05, 0) is 42.3 Å². The minimum absolute atomic E-state index is 0.267. The molecule has 3 rings (SSSR count). The summed E-state index contributed by atoms with van der Waals surface area (Å²) in [5.74, 6) is 0.859. The first-order chi connectivity index (χ1) is 11.7. The molecule has 0 aliphatic rings. The maximum Gasteiger partial charge on any atom is 0.131 e. The number of hydrogen-bond acceptors (Lipinski definition) is 4. The molecular weight excluding hydrogens is 340 g/mol. The van der Waals surface area contributed by atoms with E-state index in [2.05, 4.69) is 41.5 Å². The van der Waals surface area contributed by atoms with Gasteiger partial charge in [0.2, 0.25) is 0 Å². The number of ether oxygens (including phenoxy) is 1. The summed E-state index contributed by atoms with van der Waals surface area (Å²) in [6.45, 7) is 3.46. The second-order valence-electron chi connectivity index (χ2n) is 5.57. The third-order valence-electron chi connectivity index (χ3n) is 3.78. The Balaban J connectivity index is 1.49. The molecule has 124 valence electrons. The Bertz CT molecular complexity index is 742. The molecule has 1 atom stereocenters. The van der Waals surface area contributed by atoms with Gasteiger partial charge in [0.1, 0.15) is 12.4 Å². The largest absolute Gasteiger partial charge is 0.487 e. The van der Waals surface area contributed by atoms with Crippen molar-refractivity contribution in [2.24, 2.45) is 0 Å². The highest BCUT2D eigenvalue weighted by Gasteiger charge is 2.05. The Labute approximate surface area is 151 Å². The molecule has 0 aliphatic heterocycles. The highest BCUT2D eigenvalue weighted by molar-refractivity contribution is 7.07. The van der Waals surface area contributed by atoms with E-state index in [1.54, 1.807) is 11.3 Å². The van der Waals surface area contributed by atoms with Gasteiger partial charge in [0.15, 0.2) is 0 Å². The molecule has 2 aromatic carbocycles. The zero-order valence-corrected chi connectivity index (χ0v) is 15.0. The maximum atomic E-state index is 5.93. The van der Waals surface area contributed by atoms with Crippen molar-refractivity contribution in [1.29, 1.82) is 0 Å². The van der Waals surface area contributed by atoms with Crippen molar-refractivity contribution in [2.75, 3.05) is 0 Å². The molecule has 0 fully saturated rings. The lowest BCUT2D eigenvalue weighted by Crippen LogP contribution is -2.17. The van der Waals surface area contributed by atoms with Crippen molar-refractivity contribution in [3.63, 3.8) is 0 Å². The van der Waals surface area contributed by atoms with E-state index in [0.717, 1.165) is 23.0 Å². The van der Waals surface area contributed by atoms with Crippen molar-refractivity contribution in [3.05, 3.63) is 81.3 Å². The van der Waals surface area contributed by atoms with E-state index < -0.39 is 0 Å². The van der Waals surface area contributed by atoms with E-state index in [1.807, 2.05) is 35.2 Å². The monoisotopic (exact) mass is 358 g/mol. The fraction of sp³-hybridized carbons (Fsp3) is 0.211. The molecule has 1 unspecified atom stereocenters. The minimum atomic E-state index is 0.267. The average Bonchev–Trinajstić information content (AvgIpc) is 3.13. The predicted molar refractivity (Wildman–Crippen MR) is 99.6 cm³/mol. The lowest BCUT2D eigenvalue weighted by molar-refractivity contribution is 0.302. The summed E-state index contributed by atoms with van der Waals surface area (Å²) >= 11 is 7.51. The molecule has 0 amide bonds. The van der Waals surface area contributed by atoms with Gasteiger partial charge in [-0.3, -0.25) is 0 Å². The molecule has 1 N–H and O–H groups in total. The maximum absolute atomic E-state index is 5.93. The second kappa shape index (κ2) is 8.29. The van der Waals surface area contributed by atoms with Crippen molar-refractivity contribution in [2.45, 2.75) is 26.1 Å². The molecule has 24 heavy (non-hydrogen) atoms. The summed E-state index contributed by atoms with van der Waals surface area (Å²) in [7, 11) is 0. The number of nitrogens with zero attached hydrogens (tertiary/aromatic N) is 1. The summed E-state index contributed by atoms with van der Waals surface area (Å²) < 4.78 is 5.72. The van der Waals surface area contributed by atoms with Crippen molar-refractivity contribution < 1.29 is 4.74 Å². The molecule has 0 bridgehead atoms. The Hall–Kier alpha value is -1.88. The van der Waals surface area contributed by atoms with E-state index >= 15 is 0 Å². The van der Waals surface area contributed by atoms with Crippen LogP contribution in [0.1, 0.15) is 29.8 Å². The van der Waals surface area contributed by atoms with Crippen LogP contribution >= 0.6 is 22.9 Å². The SMILES string of the molecule is CC(NCc1ccc(OCc2cscn2)cc1)c1ccc(Cl)cc1. The number of nitrogens with one attached hydrogen (secondary N) is 1. The van der Waals surface area contributed by atoms with Crippen LogP contribution in [0.3, 0.4) is 0 Å². The van der Waals surface area contributed by atoms with Crippen molar-refractivity contribution >= 4 is 22.9 Å². The smallest absolute Gasteiger partial charge is 0.131 e. The zero-order valence-electron chi connectivity index (χ0n) is 13.4. The quantitative estimate of drug-likeness (QED) is 0.628. The van der Waals surface area contributed by atoms with Crippen LogP contribution in [0.2, 0.25) is 5.02 Å². The lowest BCUT2D eigenvalue weighted by Gasteiger charge is -2.14. The molecule has 1 aromatic heterocycles. The normalized spacial score (nSPS) is 12.1. The summed E-state index contributed by atoms with van der Waals surface area (Å²) in [5.41, 5.74) is 5.22. The van der Waals surface area contributed by atoms with E-state index in [0.29, 0.717) is 6.61 Å². The van der Waals surface area contributed by atoms with Crippen LogP contribution in [-0.4, -0.2) is 4.98 Å². The highest BCUT2D eigenvalue weighted by Crippen LogP contribution is 2.18. The van der Waals surface area contributed by atoms with Crippen LogP contribution in [0.25, 0.3) is 0 Å². The van der Waals surface area contributed by atoms with Gasteiger partial charge in [-0.2, -0.15) is 0 Å². The van der Waals surface area contributed by atoms with Crippen LogP contribution in [-0.2, 0) is 13.2 Å². The highest BCUT2D eigenvalue weighted by atomic mass is 35.5. The first-order valence-electron chi connectivity index (χ1n) is 7.78. The number of halogens is 1. The number of benzene rings is 2. The zero-order chi connectivity index (χ0) is 16.8. The van der Waals surface area contributed by atoms with Gasteiger partial charge in [0.05, 0.1) is 11.2 Å². The van der Waals surface area contributed by atoms with Gasteiger partial charge in [-0.15, -0.1) is 11.3 Å². The Morgan fingerprint density at radius 2 is 1.88 bits per heavy atom. The van der Waals surface area contributed by atoms with Crippen LogP contribution in [0.5, 0.6) is 5.75 Å². The number of thiazole rings is 1. The number of hydrogen-bond donors (Lipinski definition) is 1. The fourth-order valence-electron chi connectivity index (χ4n) is 2.31. The van der Waals surface area contributed by atoms with E-state index in [9.17, 15) is 0 Å². The summed E-state index contributed by atoms with van der Waals surface area (Å²) in [5, 5.41) is 6.28. The molecule has 0 saturated carbocycles. The van der Waals surface area contributed by atoms with Crippen LogP contribution in [0.4, 0.5) is 0 Å². The Morgan fingerprint density at radius 1 is 1.12 bits per heavy atom. The molecule has 1 heterocycles. The molecule has 0 aliphatic carbocycles. The summed E-state index contributed by atoms with van der Waals surface area (Å²) in [6.07, 6.45) is 0. The summed E-state index contributed by atoms with van der Waals surface area (Å²) in [6, 6.07) is 16.4. The molecule has 0 spiro atoms. The predicted octanol–water partition coefficient (Wildman–Crippen LogP) is 5.23. The van der Waals surface area contributed by atoms with Crippen LogP contribution < -0.4 is 10.1 Å². The lowest BCUT2D eigenvalue weighted by atomic mass is 10.1. The van der Waals surface area contributed by atoms with Gasteiger partial charge >= 0.3 is 0 Å². The standard InChI is InChI=1S/C19H19ClN2OS/c1-14(16-4-6-17(20)7-5-16)21-10-15-2-8-19(9-3-15)23-11-18-12-24-13-22-18/h2-9,12-14,21H,10-11H2,1H3. The van der Waals surface area contributed by atoms with E-state index in [4.69, 9.17) is 16.3 Å². The third kappa shape index (κ3) is 4.81. The first-order valence-corrected chi connectivity index (χ1v) is 9.10.